The van der Waals surface area contributed by atoms with Crippen molar-refractivity contribution in [3.63, 3.8) is 0 Å². The lowest BCUT2D eigenvalue weighted by molar-refractivity contribution is -0.139. The first-order valence-corrected chi connectivity index (χ1v) is 10.2. The van der Waals surface area contributed by atoms with Crippen molar-refractivity contribution in [3.05, 3.63) is 96.1 Å². The molecule has 144 valence electrons. The Morgan fingerprint density at radius 1 is 0.893 bits per heavy atom. The van der Waals surface area contributed by atoms with Crippen LogP contribution >= 0.6 is 0 Å². The molecule has 0 aliphatic rings. The average Bonchev–Trinajstić information content (AvgIpc) is 2.68. The van der Waals surface area contributed by atoms with Gasteiger partial charge >= 0.3 is 5.97 Å². The summed E-state index contributed by atoms with van der Waals surface area (Å²) < 4.78 is 33.1. The van der Waals surface area contributed by atoms with Crippen LogP contribution in [0.5, 0.6) is 11.5 Å². The molecule has 0 saturated carbocycles. The molecule has 3 aromatic rings. The second kappa shape index (κ2) is 8.69. The third-order valence-electron chi connectivity index (χ3n) is 3.94. The molecule has 0 radical (unpaired) electrons. The van der Waals surface area contributed by atoms with Gasteiger partial charge in [-0.2, -0.15) is 4.72 Å². The minimum absolute atomic E-state index is 0.218. The first-order valence-electron chi connectivity index (χ1n) is 8.53. The number of hydrogen-bond acceptors (Lipinski definition) is 4. The Morgan fingerprint density at radius 2 is 1.46 bits per heavy atom. The SMILES string of the molecule is O=C(O)C(NS(=O)(=O)Cc1ccccc1)c1ccccc1Oc1ccccc1. The van der Waals surface area contributed by atoms with E-state index in [-0.39, 0.29) is 17.1 Å². The Balaban J connectivity index is 1.87. The lowest BCUT2D eigenvalue weighted by Gasteiger charge is -2.18. The maximum Gasteiger partial charge on any atom is 0.326 e. The quantitative estimate of drug-likeness (QED) is 0.604. The molecule has 1 atom stereocenters. The Labute approximate surface area is 163 Å². The standard InChI is InChI=1S/C21H19NO5S/c23-21(24)20(22-28(25,26)15-16-9-3-1-4-10-16)18-13-7-8-14-19(18)27-17-11-5-2-6-12-17/h1-14,20,22H,15H2,(H,23,24). The molecular weight excluding hydrogens is 378 g/mol. The Morgan fingerprint density at radius 3 is 2.11 bits per heavy atom. The summed E-state index contributed by atoms with van der Waals surface area (Å²) >= 11 is 0. The fourth-order valence-electron chi connectivity index (χ4n) is 2.69. The van der Waals surface area contributed by atoms with Crippen molar-refractivity contribution in [1.82, 2.24) is 4.72 Å². The Hall–Kier alpha value is -3.16. The minimum Gasteiger partial charge on any atom is -0.480 e. The van der Waals surface area contributed by atoms with E-state index in [9.17, 15) is 18.3 Å². The van der Waals surface area contributed by atoms with E-state index in [4.69, 9.17) is 4.74 Å². The number of benzene rings is 3. The highest BCUT2D eigenvalue weighted by molar-refractivity contribution is 7.88. The zero-order chi connectivity index (χ0) is 20.0. The van der Waals surface area contributed by atoms with Crippen molar-refractivity contribution < 1.29 is 23.1 Å². The van der Waals surface area contributed by atoms with Crippen LogP contribution < -0.4 is 9.46 Å². The molecule has 3 aromatic carbocycles. The van der Waals surface area contributed by atoms with E-state index in [0.717, 1.165) is 0 Å². The van der Waals surface area contributed by atoms with E-state index in [2.05, 4.69) is 4.72 Å². The van der Waals surface area contributed by atoms with Crippen LogP contribution in [-0.4, -0.2) is 19.5 Å². The van der Waals surface area contributed by atoms with Crippen LogP contribution in [-0.2, 0) is 20.6 Å². The van der Waals surface area contributed by atoms with Crippen molar-refractivity contribution in [2.75, 3.05) is 0 Å². The van der Waals surface area contributed by atoms with Gasteiger partial charge in [0.1, 0.15) is 17.5 Å². The highest BCUT2D eigenvalue weighted by Gasteiger charge is 2.28. The van der Waals surface area contributed by atoms with E-state index in [0.29, 0.717) is 11.3 Å². The number of aliphatic carboxylic acids is 1. The summed E-state index contributed by atoms with van der Waals surface area (Å²) in [5.74, 6) is -0.852. The molecule has 1 unspecified atom stereocenters. The van der Waals surface area contributed by atoms with Gasteiger partial charge in [-0.25, -0.2) is 8.42 Å². The van der Waals surface area contributed by atoms with Crippen LogP contribution in [0.1, 0.15) is 17.2 Å². The summed E-state index contributed by atoms with van der Waals surface area (Å²) in [6, 6.07) is 22.4. The van der Waals surface area contributed by atoms with E-state index < -0.39 is 22.0 Å². The van der Waals surface area contributed by atoms with Crippen LogP contribution in [0.2, 0.25) is 0 Å². The van der Waals surface area contributed by atoms with Gasteiger partial charge in [0.25, 0.3) is 0 Å². The molecule has 2 N–H and O–H groups in total. The van der Waals surface area contributed by atoms with Gasteiger partial charge in [-0.15, -0.1) is 0 Å². The molecule has 28 heavy (non-hydrogen) atoms. The van der Waals surface area contributed by atoms with Crippen LogP contribution in [0, 0.1) is 0 Å². The zero-order valence-corrected chi connectivity index (χ0v) is 15.7. The lowest BCUT2D eigenvalue weighted by Crippen LogP contribution is -2.34. The topological polar surface area (TPSA) is 92.7 Å². The number of rotatable bonds is 8. The molecule has 0 bridgehead atoms. The van der Waals surface area contributed by atoms with Crippen LogP contribution in [0.4, 0.5) is 0 Å². The number of ether oxygens (including phenoxy) is 1. The maximum atomic E-state index is 12.5. The number of carboxylic acids is 1. The summed E-state index contributed by atoms with van der Waals surface area (Å²) in [5.41, 5.74) is 0.781. The molecule has 0 aliphatic carbocycles. The van der Waals surface area contributed by atoms with Crippen LogP contribution in [0.15, 0.2) is 84.9 Å². The average molecular weight is 397 g/mol. The number of carboxylic acid groups (broad SMARTS) is 1. The third kappa shape index (κ3) is 5.18. The first-order chi connectivity index (χ1) is 13.4. The fourth-order valence-corrected chi connectivity index (χ4v) is 3.99. The predicted octanol–water partition coefficient (Wildman–Crippen LogP) is 3.72. The molecule has 0 amide bonds. The number of nitrogens with one attached hydrogen (secondary N) is 1. The Bertz CT molecular complexity index is 1040. The van der Waals surface area contributed by atoms with E-state index in [1.165, 1.54) is 6.07 Å². The zero-order valence-electron chi connectivity index (χ0n) is 14.9. The second-order valence-corrected chi connectivity index (χ2v) is 7.84. The highest BCUT2D eigenvalue weighted by atomic mass is 32.2. The normalized spacial score (nSPS) is 12.3. The van der Waals surface area contributed by atoms with Gasteiger partial charge in [0.15, 0.2) is 0 Å². The highest BCUT2D eigenvalue weighted by Crippen LogP contribution is 2.30. The lowest BCUT2D eigenvalue weighted by atomic mass is 10.1. The summed E-state index contributed by atoms with van der Waals surface area (Å²) in [4.78, 5) is 11.9. The molecule has 0 saturated heterocycles. The van der Waals surface area contributed by atoms with Gasteiger partial charge in [-0.05, 0) is 23.8 Å². The minimum atomic E-state index is -3.90. The summed E-state index contributed by atoms with van der Waals surface area (Å²) in [6.07, 6.45) is 0. The van der Waals surface area contributed by atoms with Crippen molar-refractivity contribution >= 4 is 16.0 Å². The van der Waals surface area contributed by atoms with Gasteiger partial charge in [0, 0.05) is 5.56 Å². The molecule has 7 heteroatoms. The van der Waals surface area contributed by atoms with E-state index >= 15 is 0 Å². The third-order valence-corrected chi connectivity index (χ3v) is 5.25. The van der Waals surface area contributed by atoms with Gasteiger partial charge in [0.2, 0.25) is 10.0 Å². The molecule has 3 rings (SSSR count). The molecule has 0 aliphatic heterocycles. The second-order valence-electron chi connectivity index (χ2n) is 6.09. The fraction of sp³-hybridized carbons (Fsp3) is 0.0952. The molecule has 6 nitrogen and oxygen atoms in total. The molecule has 0 heterocycles. The molecule has 0 fully saturated rings. The Kier molecular flexibility index (Phi) is 6.08. The van der Waals surface area contributed by atoms with Gasteiger partial charge in [-0.3, -0.25) is 4.79 Å². The van der Waals surface area contributed by atoms with Gasteiger partial charge in [0.05, 0.1) is 5.75 Å². The van der Waals surface area contributed by atoms with Crippen molar-refractivity contribution in [2.45, 2.75) is 11.8 Å². The van der Waals surface area contributed by atoms with E-state index in [1.54, 1.807) is 72.8 Å². The first kappa shape index (κ1) is 19.6. The predicted molar refractivity (Wildman–Crippen MR) is 106 cm³/mol. The summed E-state index contributed by atoms with van der Waals surface area (Å²) in [6.45, 7) is 0. The number of para-hydroxylation sites is 2. The summed E-state index contributed by atoms with van der Waals surface area (Å²) in [5, 5.41) is 9.66. The maximum absolute atomic E-state index is 12.5. The number of carbonyl (C=O) groups is 1. The number of hydrogen-bond donors (Lipinski definition) is 2. The number of sulfonamides is 1. The molecule has 0 aromatic heterocycles. The van der Waals surface area contributed by atoms with Crippen molar-refractivity contribution in [2.24, 2.45) is 0 Å². The largest absolute Gasteiger partial charge is 0.480 e. The van der Waals surface area contributed by atoms with Crippen LogP contribution in [0.3, 0.4) is 0 Å². The smallest absolute Gasteiger partial charge is 0.326 e. The van der Waals surface area contributed by atoms with Crippen LogP contribution in [0.25, 0.3) is 0 Å². The van der Waals surface area contributed by atoms with Crippen molar-refractivity contribution in [1.29, 1.82) is 0 Å². The monoisotopic (exact) mass is 397 g/mol. The molecular formula is C21H19NO5S. The molecule has 0 spiro atoms. The van der Waals surface area contributed by atoms with E-state index in [1.807, 2.05) is 6.07 Å². The van der Waals surface area contributed by atoms with Gasteiger partial charge < -0.3 is 9.84 Å². The summed E-state index contributed by atoms with van der Waals surface area (Å²) in [7, 11) is -3.90. The van der Waals surface area contributed by atoms with Gasteiger partial charge in [-0.1, -0.05) is 66.7 Å². The van der Waals surface area contributed by atoms with Crippen molar-refractivity contribution in [3.8, 4) is 11.5 Å².